The molecule has 0 atom stereocenters. The average molecular weight is 184 g/mol. The molecule has 0 aliphatic heterocycles. The van der Waals surface area contributed by atoms with E-state index >= 15 is 0 Å². The first-order chi connectivity index (χ1) is 5.59. The van der Waals surface area contributed by atoms with E-state index in [1.807, 2.05) is 19.1 Å². The molecule has 0 aliphatic rings. The predicted molar refractivity (Wildman–Crippen MR) is 54.9 cm³/mol. The van der Waals surface area contributed by atoms with Gasteiger partial charge < -0.3 is 5.32 Å². The lowest BCUT2D eigenvalue weighted by molar-refractivity contribution is 0.899. The van der Waals surface area contributed by atoms with Gasteiger partial charge in [-0.1, -0.05) is 11.6 Å². The maximum atomic E-state index is 5.89. The number of hydrogen-bond acceptors (Lipinski definition) is 1. The Morgan fingerprint density at radius 2 is 2.00 bits per heavy atom. The molecule has 1 aromatic rings. The van der Waals surface area contributed by atoms with Crippen molar-refractivity contribution in [3.63, 3.8) is 0 Å². The lowest BCUT2D eigenvalue weighted by atomic mass is 10.2. The zero-order chi connectivity index (χ0) is 9.14. The van der Waals surface area contributed by atoms with Crippen molar-refractivity contribution in [2.24, 2.45) is 0 Å². The van der Waals surface area contributed by atoms with Crippen LogP contribution in [-0.4, -0.2) is 6.04 Å². The molecule has 1 aromatic carbocycles. The maximum Gasteiger partial charge on any atom is 0.0436 e. The van der Waals surface area contributed by atoms with Crippen LogP contribution in [0.15, 0.2) is 18.2 Å². The quantitative estimate of drug-likeness (QED) is 0.741. The zero-order valence-corrected chi connectivity index (χ0v) is 8.44. The molecule has 0 fully saturated rings. The molecule has 0 saturated heterocycles. The van der Waals surface area contributed by atoms with Gasteiger partial charge in [0.1, 0.15) is 0 Å². The minimum absolute atomic E-state index is 0.463. The van der Waals surface area contributed by atoms with Gasteiger partial charge in [0.2, 0.25) is 0 Å². The summed E-state index contributed by atoms with van der Waals surface area (Å²) in [5.74, 6) is 0. The number of nitrogens with one attached hydrogen (secondary N) is 1. The van der Waals surface area contributed by atoms with Gasteiger partial charge in [0.25, 0.3) is 0 Å². The summed E-state index contributed by atoms with van der Waals surface area (Å²) >= 11 is 5.89. The molecule has 66 valence electrons. The Morgan fingerprint density at radius 1 is 1.33 bits per heavy atom. The first-order valence-corrected chi connectivity index (χ1v) is 4.50. The van der Waals surface area contributed by atoms with Gasteiger partial charge in [0, 0.05) is 16.8 Å². The minimum atomic E-state index is 0.463. The molecule has 1 rings (SSSR count). The summed E-state index contributed by atoms with van der Waals surface area (Å²) < 4.78 is 0. The van der Waals surface area contributed by atoms with E-state index < -0.39 is 0 Å². The van der Waals surface area contributed by atoms with Gasteiger partial charge in [0.05, 0.1) is 0 Å². The number of benzene rings is 1. The number of aryl methyl sites for hydroxylation is 1. The Morgan fingerprint density at radius 3 is 2.50 bits per heavy atom. The highest BCUT2D eigenvalue weighted by Gasteiger charge is 1.97. The Balaban J connectivity index is 2.82. The normalized spacial score (nSPS) is 10.4. The first kappa shape index (κ1) is 9.40. The van der Waals surface area contributed by atoms with E-state index in [2.05, 4.69) is 25.2 Å². The van der Waals surface area contributed by atoms with Gasteiger partial charge in [-0.25, -0.2) is 0 Å². The van der Waals surface area contributed by atoms with Crippen LogP contribution >= 0.6 is 11.6 Å². The fourth-order valence-corrected chi connectivity index (χ4v) is 1.19. The molecule has 0 unspecified atom stereocenters. The van der Waals surface area contributed by atoms with Crippen molar-refractivity contribution in [2.45, 2.75) is 26.8 Å². The fourth-order valence-electron chi connectivity index (χ4n) is 1.07. The topological polar surface area (TPSA) is 12.0 Å². The SMILES string of the molecule is Cc1cc(NC(C)C)ccc1Cl. The summed E-state index contributed by atoms with van der Waals surface area (Å²) in [5, 5.41) is 4.14. The molecule has 2 heteroatoms. The maximum absolute atomic E-state index is 5.89. The van der Waals surface area contributed by atoms with Gasteiger partial charge in [-0.15, -0.1) is 0 Å². The monoisotopic (exact) mass is 183 g/mol. The van der Waals surface area contributed by atoms with Crippen molar-refractivity contribution in [1.29, 1.82) is 0 Å². The average Bonchev–Trinajstić information content (AvgIpc) is 1.96. The smallest absolute Gasteiger partial charge is 0.0436 e. The third-order valence-electron chi connectivity index (χ3n) is 1.61. The number of halogens is 1. The molecule has 0 bridgehead atoms. The van der Waals surface area contributed by atoms with Crippen LogP contribution in [0.1, 0.15) is 19.4 Å². The lowest BCUT2D eigenvalue weighted by Gasteiger charge is -2.10. The second kappa shape index (κ2) is 3.81. The lowest BCUT2D eigenvalue weighted by Crippen LogP contribution is -2.09. The van der Waals surface area contributed by atoms with Crippen LogP contribution in [0.5, 0.6) is 0 Å². The third kappa shape index (κ3) is 2.42. The van der Waals surface area contributed by atoms with Gasteiger partial charge >= 0.3 is 0 Å². The van der Waals surface area contributed by atoms with Gasteiger partial charge in [-0.3, -0.25) is 0 Å². The summed E-state index contributed by atoms with van der Waals surface area (Å²) in [7, 11) is 0. The summed E-state index contributed by atoms with van der Waals surface area (Å²) in [4.78, 5) is 0. The Labute approximate surface area is 78.7 Å². The third-order valence-corrected chi connectivity index (χ3v) is 2.04. The number of anilines is 1. The van der Waals surface area contributed by atoms with Crippen molar-refractivity contribution in [1.82, 2.24) is 0 Å². The molecule has 0 aromatic heterocycles. The molecule has 1 nitrogen and oxygen atoms in total. The minimum Gasteiger partial charge on any atom is -0.383 e. The van der Waals surface area contributed by atoms with E-state index in [0.29, 0.717) is 6.04 Å². The Kier molecular flexibility index (Phi) is 2.99. The van der Waals surface area contributed by atoms with Crippen LogP contribution in [0.25, 0.3) is 0 Å². The molecule has 0 amide bonds. The number of hydrogen-bond donors (Lipinski definition) is 1. The van der Waals surface area contributed by atoms with Crippen molar-refractivity contribution in [3.05, 3.63) is 28.8 Å². The Hall–Kier alpha value is -0.690. The van der Waals surface area contributed by atoms with Gasteiger partial charge in [0.15, 0.2) is 0 Å². The largest absolute Gasteiger partial charge is 0.383 e. The summed E-state index contributed by atoms with van der Waals surface area (Å²) in [6.07, 6.45) is 0. The molecule has 0 aliphatic carbocycles. The van der Waals surface area contributed by atoms with E-state index in [9.17, 15) is 0 Å². The summed E-state index contributed by atoms with van der Waals surface area (Å²) in [6, 6.07) is 6.43. The van der Waals surface area contributed by atoms with E-state index in [4.69, 9.17) is 11.6 Å². The molecule has 0 spiro atoms. The number of rotatable bonds is 2. The second-order valence-corrected chi connectivity index (χ2v) is 3.67. The van der Waals surface area contributed by atoms with Gasteiger partial charge in [-0.05, 0) is 44.5 Å². The summed E-state index contributed by atoms with van der Waals surface area (Å²) in [5.41, 5.74) is 2.24. The standard InChI is InChI=1S/C10H14ClN/c1-7(2)12-9-4-5-10(11)8(3)6-9/h4-7,12H,1-3H3. The predicted octanol–water partition coefficient (Wildman–Crippen LogP) is 3.47. The molecule has 1 N–H and O–H groups in total. The van der Waals surface area contributed by atoms with Crippen molar-refractivity contribution < 1.29 is 0 Å². The van der Waals surface area contributed by atoms with Crippen LogP contribution in [0, 0.1) is 6.92 Å². The van der Waals surface area contributed by atoms with Crippen LogP contribution in [0.3, 0.4) is 0 Å². The molecule has 0 heterocycles. The molecule has 0 radical (unpaired) electrons. The second-order valence-electron chi connectivity index (χ2n) is 3.26. The highest BCUT2D eigenvalue weighted by atomic mass is 35.5. The zero-order valence-electron chi connectivity index (χ0n) is 7.69. The molecule has 0 saturated carbocycles. The molecule has 12 heavy (non-hydrogen) atoms. The van der Waals surface area contributed by atoms with E-state index in [-0.39, 0.29) is 0 Å². The van der Waals surface area contributed by atoms with Crippen LogP contribution in [0.4, 0.5) is 5.69 Å². The highest BCUT2D eigenvalue weighted by Crippen LogP contribution is 2.19. The highest BCUT2D eigenvalue weighted by molar-refractivity contribution is 6.31. The molecular weight excluding hydrogens is 170 g/mol. The fraction of sp³-hybridized carbons (Fsp3) is 0.400. The van der Waals surface area contributed by atoms with Crippen LogP contribution < -0.4 is 5.32 Å². The van der Waals surface area contributed by atoms with E-state index in [1.165, 1.54) is 0 Å². The molecular formula is C10H14ClN. The van der Waals surface area contributed by atoms with Gasteiger partial charge in [-0.2, -0.15) is 0 Å². The van der Waals surface area contributed by atoms with E-state index in [0.717, 1.165) is 16.3 Å². The van der Waals surface area contributed by atoms with Crippen LogP contribution in [0.2, 0.25) is 5.02 Å². The summed E-state index contributed by atoms with van der Waals surface area (Å²) in [6.45, 7) is 6.24. The first-order valence-electron chi connectivity index (χ1n) is 4.12. The van der Waals surface area contributed by atoms with E-state index in [1.54, 1.807) is 0 Å². The van der Waals surface area contributed by atoms with Crippen molar-refractivity contribution in [3.8, 4) is 0 Å². The van der Waals surface area contributed by atoms with Crippen molar-refractivity contribution >= 4 is 17.3 Å². The Bertz CT molecular complexity index is 269. The van der Waals surface area contributed by atoms with Crippen molar-refractivity contribution in [2.75, 3.05) is 5.32 Å². The van der Waals surface area contributed by atoms with Crippen LogP contribution in [-0.2, 0) is 0 Å².